The second kappa shape index (κ2) is 5.09. The number of thiazole rings is 1. The molecule has 2 atom stereocenters. The molecule has 1 amide bonds. The number of carbonyl (C=O) groups is 2. The minimum atomic E-state index is -0.957. The number of carboxylic acids is 1. The second-order valence-electron chi connectivity index (χ2n) is 6.33. The van der Waals surface area contributed by atoms with E-state index in [1.807, 2.05) is 6.92 Å². The van der Waals surface area contributed by atoms with E-state index in [1.54, 1.807) is 6.92 Å². The molecule has 2 saturated carbocycles. The topological polar surface area (TPSA) is 79.3 Å². The van der Waals surface area contributed by atoms with Gasteiger partial charge in [-0.15, -0.1) is 11.3 Å². The van der Waals surface area contributed by atoms with Crippen molar-refractivity contribution in [3.8, 4) is 0 Å². The number of amides is 1. The number of carboxylic acid groups (broad SMARTS) is 1. The average Bonchev–Trinajstić information content (AvgIpc) is 2.74. The van der Waals surface area contributed by atoms with Crippen LogP contribution in [-0.2, 0) is 4.79 Å². The first-order valence-corrected chi connectivity index (χ1v) is 8.25. The monoisotopic (exact) mass is 308 g/mol. The molecule has 3 rings (SSSR count). The van der Waals surface area contributed by atoms with Crippen LogP contribution in [-0.4, -0.2) is 22.0 Å². The van der Waals surface area contributed by atoms with Crippen molar-refractivity contribution in [2.75, 3.05) is 0 Å². The molecule has 2 aliphatic carbocycles. The van der Waals surface area contributed by atoms with E-state index in [-0.39, 0.29) is 28.2 Å². The molecule has 0 bridgehead atoms. The highest BCUT2D eigenvalue weighted by atomic mass is 32.1. The summed E-state index contributed by atoms with van der Waals surface area (Å²) in [6.07, 6.45) is 5.86. The van der Waals surface area contributed by atoms with Gasteiger partial charge < -0.3 is 10.4 Å². The first kappa shape index (κ1) is 14.5. The van der Waals surface area contributed by atoms with Crippen molar-refractivity contribution in [3.63, 3.8) is 0 Å². The molecule has 2 fully saturated rings. The van der Waals surface area contributed by atoms with E-state index in [0.29, 0.717) is 10.7 Å². The van der Waals surface area contributed by atoms with Crippen LogP contribution in [0.2, 0.25) is 0 Å². The largest absolute Gasteiger partial charge is 0.477 e. The second-order valence-corrected chi connectivity index (χ2v) is 7.36. The van der Waals surface area contributed by atoms with Crippen LogP contribution in [0.15, 0.2) is 0 Å². The molecule has 0 aromatic carbocycles. The van der Waals surface area contributed by atoms with Crippen LogP contribution in [0.3, 0.4) is 0 Å². The van der Waals surface area contributed by atoms with Crippen LogP contribution < -0.4 is 5.32 Å². The standard InChI is InChI=1S/C15H20N2O3S/c1-8-11(14(19)20)21-13(17-8)9(2)16-12(18)10-7-15(10)5-3-4-6-15/h9-10H,3-7H2,1-2H3,(H,16,18)(H,19,20). The number of aryl methyl sites for hydroxylation is 1. The highest BCUT2D eigenvalue weighted by Gasteiger charge is 2.58. The molecule has 21 heavy (non-hydrogen) atoms. The van der Waals surface area contributed by atoms with Crippen molar-refractivity contribution in [2.45, 2.75) is 52.0 Å². The van der Waals surface area contributed by atoms with E-state index in [9.17, 15) is 9.59 Å². The maximum Gasteiger partial charge on any atom is 0.347 e. The summed E-state index contributed by atoms with van der Waals surface area (Å²) in [6.45, 7) is 3.55. The van der Waals surface area contributed by atoms with Crippen molar-refractivity contribution in [1.82, 2.24) is 10.3 Å². The molecule has 2 unspecified atom stereocenters. The molecule has 1 aromatic rings. The van der Waals surface area contributed by atoms with E-state index >= 15 is 0 Å². The van der Waals surface area contributed by atoms with Gasteiger partial charge in [-0.05, 0) is 38.5 Å². The van der Waals surface area contributed by atoms with Gasteiger partial charge in [-0.1, -0.05) is 12.8 Å². The summed E-state index contributed by atoms with van der Waals surface area (Å²) >= 11 is 1.15. The van der Waals surface area contributed by atoms with Gasteiger partial charge in [0.1, 0.15) is 9.88 Å². The summed E-state index contributed by atoms with van der Waals surface area (Å²) in [4.78, 5) is 27.9. The van der Waals surface area contributed by atoms with Crippen LogP contribution in [0, 0.1) is 18.3 Å². The Morgan fingerprint density at radius 3 is 2.67 bits per heavy atom. The van der Waals surface area contributed by atoms with Crippen molar-refractivity contribution >= 4 is 23.2 Å². The third-order valence-corrected chi connectivity index (χ3v) is 6.17. The van der Waals surface area contributed by atoms with Crippen LogP contribution in [0.1, 0.15) is 65.4 Å². The van der Waals surface area contributed by atoms with Gasteiger partial charge in [0.2, 0.25) is 5.91 Å². The van der Waals surface area contributed by atoms with Gasteiger partial charge in [0, 0.05) is 5.92 Å². The number of hydrogen-bond donors (Lipinski definition) is 2. The Morgan fingerprint density at radius 2 is 2.10 bits per heavy atom. The fraction of sp³-hybridized carbons (Fsp3) is 0.667. The molecular formula is C15H20N2O3S. The first-order chi connectivity index (χ1) is 9.93. The van der Waals surface area contributed by atoms with Gasteiger partial charge in [0.15, 0.2) is 0 Å². The molecule has 1 heterocycles. The maximum atomic E-state index is 12.3. The fourth-order valence-electron chi connectivity index (χ4n) is 3.53. The van der Waals surface area contributed by atoms with E-state index < -0.39 is 5.97 Å². The molecule has 0 aliphatic heterocycles. The highest BCUT2D eigenvalue weighted by molar-refractivity contribution is 7.13. The molecule has 0 saturated heterocycles. The zero-order chi connectivity index (χ0) is 15.2. The van der Waals surface area contributed by atoms with Gasteiger partial charge in [-0.3, -0.25) is 4.79 Å². The summed E-state index contributed by atoms with van der Waals surface area (Å²) in [5, 5.41) is 12.7. The predicted molar refractivity (Wildman–Crippen MR) is 79.4 cm³/mol. The van der Waals surface area contributed by atoms with Crippen LogP contribution in [0.25, 0.3) is 0 Å². The lowest BCUT2D eigenvalue weighted by molar-refractivity contribution is -0.123. The van der Waals surface area contributed by atoms with Gasteiger partial charge in [-0.25, -0.2) is 9.78 Å². The van der Waals surface area contributed by atoms with Gasteiger partial charge in [0.05, 0.1) is 11.7 Å². The molecule has 5 nitrogen and oxygen atoms in total. The summed E-state index contributed by atoms with van der Waals surface area (Å²) < 4.78 is 0. The van der Waals surface area contributed by atoms with Gasteiger partial charge in [-0.2, -0.15) is 0 Å². The highest BCUT2D eigenvalue weighted by Crippen LogP contribution is 2.62. The lowest BCUT2D eigenvalue weighted by Gasteiger charge is -2.13. The lowest BCUT2D eigenvalue weighted by Crippen LogP contribution is -2.29. The number of carbonyl (C=O) groups excluding carboxylic acids is 1. The zero-order valence-corrected chi connectivity index (χ0v) is 13.1. The van der Waals surface area contributed by atoms with Crippen molar-refractivity contribution in [2.24, 2.45) is 11.3 Å². The van der Waals surface area contributed by atoms with Crippen LogP contribution in [0.5, 0.6) is 0 Å². The molecular weight excluding hydrogens is 288 g/mol. The smallest absolute Gasteiger partial charge is 0.347 e. The third kappa shape index (κ3) is 2.57. The quantitative estimate of drug-likeness (QED) is 0.896. The minimum Gasteiger partial charge on any atom is -0.477 e. The summed E-state index contributed by atoms with van der Waals surface area (Å²) in [5.41, 5.74) is 0.803. The molecule has 1 spiro atoms. The number of nitrogens with zero attached hydrogens (tertiary/aromatic N) is 1. The summed E-state index contributed by atoms with van der Waals surface area (Å²) in [6, 6.07) is -0.228. The number of rotatable bonds is 4. The Hall–Kier alpha value is -1.43. The lowest BCUT2D eigenvalue weighted by atomic mass is 10.0. The number of aromatic carboxylic acids is 1. The van der Waals surface area contributed by atoms with Gasteiger partial charge in [0.25, 0.3) is 0 Å². The summed E-state index contributed by atoms with van der Waals surface area (Å²) in [7, 11) is 0. The Bertz CT molecular complexity index is 590. The van der Waals surface area contributed by atoms with E-state index in [1.165, 1.54) is 25.7 Å². The van der Waals surface area contributed by atoms with E-state index in [2.05, 4.69) is 10.3 Å². The molecule has 6 heteroatoms. The van der Waals surface area contributed by atoms with Crippen LogP contribution >= 0.6 is 11.3 Å². The summed E-state index contributed by atoms with van der Waals surface area (Å²) in [5.74, 6) is -0.696. The number of hydrogen-bond acceptors (Lipinski definition) is 4. The zero-order valence-electron chi connectivity index (χ0n) is 12.3. The molecule has 0 radical (unpaired) electrons. The Morgan fingerprint density at radius 1 is 1.43 bits per heavy atom. The fourth-order valence-corrected chi connectivity index (χ4v) is 4.43. The van der Waals surface area contributed by atoms with E-state index in [0.717, 1.165) is 17.8 Å². The SMILES string of the molecule is Cc1nc(C(C)NC(=O)C2CC23CCCC3)sc1C(=O)O. The Labute approximate surface area is 127 Å². The maximum absolute atomic E-state index is 12.3. The van der Waals surface area contributed by atoms with Crippen molar-refractivity contribution in [3.05, 3.63) is 15.6 Å². The number of aromatic nitrogens is 1. The molecule has 2 N–H and O–H groups in total. The third-order valence-electron chi connectivity index (χ3n) is 4.84. The number of nitrogens with one attached hydrogen (secondary N) is 1. The van der Waals surface area contributed by atoms with E-state index in [4.69, 9.17) is 5.11 Å². The minimum absolute atomic E-state index is 0.106. The van der Waals surface area contributed by atoms with Crippen molar-refractivity contribution < 1.29 is 14.7 Å². The average molecular weight is 308 g/mol. The predicted octanol–water partition coefficient (Wildman–Crippen LogP) is 2.91. The van der Waals surface area contributed by atoms with Gasteiger partial charge >= 0.3 is 5.97 Å². The Balaban J connectivity index is 1.64. The molecule has 1 aromatic heterocycles. The normalized spacial score (nSPS) is 24.0. The molecule has 114 valence electrons. The first-order valence-electron chi connectivity index (χ1n) is 7.44. The van der Waals surface area contributed by atoms with Crippen LogP contribution in [0.4, 0.5) is 0 Å². The molecule has 2 aliphatic rings. The Kier molecular flexibility index (Phi) is 3.51. The van der Waals surface area contributed by atoms with Crippen molar-refractivity contribution in [1.29, 1.82) is 0 Å².